The lowest BCUT2D eigenvalue weighted by molar-refractivity contribution is -0.356. The lowest BCUT2D eigenvalue weighted by Crippen LogP contribution is -2.69. The number of nitrogens with one attached hydrogen (secondary N) is 2. The van der Waals surface area contributed by atoms with E-state index in [9.17, 15) is 65.4 Å². The number of carbonyl (C=O) groups excluding carboxylic acids is 2. The quantitative estimate of drug-likeness (QED) is 0.0577. The predicted molar refractivity (Wildman–Crippen MR) is 168 cm³/mol. The molecule has 22 heteroatoms. The molecule has 5 unspecified atom stereocenters. The van der Waals surface area contributed by atoms with Gasteiger partial charge in [0.15, 0.2) is 12.6 Å². The summed E-state index contributed by atoms with van der Waals surface area (Å²) in [5, 5.41) is 110. The maximum atomic E-state index is 12.6. The number of carboxylic acid groups (broad SMARTS) is 1. The lowest BCUT2D eigenvalue weighted by atomic mass is 9.88. The number of unbranched alkanes of at least 4 members (excludes halogenated alkanes) is 2. The molecule has 0 aromatic rings. The Labute approximate surface area is 298 Å². The fourth-order valence-corrected chi connectivity index (χ4v) is 6.20. The van der Waals surface area contributed by atoms with E-state index in [1.807, 2.05) is 0 Å². The van der Waals surface area contributed by atoms with Gasteiger partial charge in [-0.1, -0.05) is 0 Å². The van der Waals surface area contributed by atoms with Crippen molar-refractivity contribution in [3.8, 4) is 0 Å². The molecule has 0 aromatic heterocycles. The van der Waals surface area contributed by atoms with Crippen LogP contribution in [0.25, 0.3) is 0 Å². The van der Waals surface area contributed by atoms with Crippen LogP contribution in [-0.2, 0) is 42.8 Å². The largest absolute Gasteiger partial charge is 0.477 e. The van der Waals surface area contributed by atoms with E-state index >= 15 is 0 Å². The molecule has 2 amide bonds. The highest BCUT2D eigenvalue weighted by Gasteiger charge is 2.57. The van der Waals surface area contributed by atoms with E-state index in [2.05, 4.69) is 10.6 Å². The van der Waals surface area contributed by atoms with Crippen molar-refractivity contribution >= 4 is 17.8 Å². The number of nitrogens with two attached hydrogens (primary N) is 1. The average Bonchev–Trinajstić information content (AvgIpc) is 3.09. The molecule has 0 aliphatic carbocycles. The number of hydrogen-bond donors (Lipinski definition) is 13. The van der Waals surface area contributed by atoms with Crippen molar-refractivity contribution in [2.24, 2.45) is 5.73 Å². The van der Waals surface area contributed by atoms with E-state index in [0.717, 1.165) is 20.3 Å². The highest BCUT2D eigenvalue weighted by atomic mass is 16.8. The van der Waals surface area contributed by atoms with Gasteiger partial charge in [0, 0.05) is 26.9 Å². The van der Waals surface area contributed by atoms with Gasteiger partial charge in [-0.05, 0) is 25.8 Å². The van der Waals surface area contributed by atoms with Gasteiger partial charge >= 0.3 is 5.97 Å². The first-order chi connectivity index (χ1) is 24.5. The number of aliphatic hydroxyl groups is 9. The zero-order valence-electron chi connectivity index (χ0n) is 28.7. The smallest absolute Gasteiger partial charge is 0.364 e. The minimum Gasteiger partial charge on any atom is -0.477 e. The fourth-order valence-electron chi connectivity index (χ4n) is 6.20. The monoisotopic (exact) mass is 759 g/mol. The van der Waals surface area contributed by atoms with Crippen LogP contribution in [0.5, 0.6) is 0 Å². The van der Waals surface area contributed by atoms with Crippen molar-refractivity contribution in [1.29, 1.82) is 0 Å². The predicted octanol–water partition coefficient (Wildman–Crippen LogP) is -6.93. The topological polar surface area (TPSA) is 359 Å². The Morgan fingerprint density at radius 1 is 0.865 bits per heavy atom. The Morgan fingerprint density at radius 2 is 1.50 bits per heavy atom. The van der Waals surface area contributed by atoms with Crippen LogP contribution in [0.4, 0.5) is 0 Å². The zero-order chi connectivity index (χ0) is 38.9. The van der Waals surface area contributed by atoms with Crippen molar-refractivity contribution in [1.82, 2.24) is 10.6 Å². The van der Waals surface area contributed by atoms with E-state index in [1.54, 1.807) is 0 Å². The summed E-state index contributed by atoms with van der Waals surface area (Å²) in [5.41, 5.74) is 5.50. The molecule has 52 heavy (non-hydrogen) atoms. The molecule has 3 saturated heterocycles. The van der Waals surface area contributed by atoms with Gasteiger partial charge in [-0.25, -0.2) is 4.79 Å². The minimum atomic E-state index is -2.84. The lowest BCUT2D eigenvalue weighted by Gasteiger charge is -2.48. The summed E-state index contributed by atoms with van der Waals surface area (Å²) in [5.74, 6) is -6.15. The molecule has 3 aliphatic rings. The Kier molecular flexibility index (Phi) is 16.9. The maximum Gasteiger partial charge on any atom is 0.364 e. The first kappa shape index (κ1) is 44.2. The molecule has 3 heterocycles. The second-order valence-electron chi connectivity index (χ2n) is 13.0. The second-order valence-corrected chi connectivity index (χ2v) is 13.0. The van der Waals surface area contributed by atoms with Crippen molar-refractivity contribution in [2.45, 2.75) is 137 Å². The number of carboxylic acids is 1. The number of rotatable bonds is 18. The number of aliphatic carboxylic acids is 1. The molecule has 3 rings (SSSR count). The summed E-state index contributed by atoms with van der Waals surface area (Å²) in [6.07, 6.45) is -21.8. The zero-order valence-corrected chi connectivity index (χ0v) is 28.7. The first-order valence-corrected chi connectivity index (χ1v) is 16.9. The summed E-state index contributed by atoms with van der Waals surface area (Å²) < 4.78 is 34.0. The molecular formula is C30H53N3O19. The standard InChI is InChI=1S/C30H53N3O19/c1-12(36)32-18-14(38)8-30(29(45)46,52-25(18)20(40)15(39)9-34)48-11-17-21(41)23(43)19(33-13(2)37)27(50-17)51-26-22(42)16(10-35)49-28(24(26)44)47-7-5-3-4-6-31/h14-28,34-35,38-44H,3-11,31H2,1-2H3,(H,32,36)(H,33,37)(H,45,46)/t14-,15-,16?,17?,18-,19+,20-,21-,22-,23-,24+,25?,26+,27?,28?,30-/m1/s1. The Balaban J connectivity index is 1.87. The molecule has 302 valence electrons. The van der Waals surface area contributed by atoms with Crippen LogP contribution in [0.2, 0.25) is 0 Å². The number of aliphatic hydroxyl groups excluding tert-OH is 9. The summed E-state index contributed by atoms with van der Waals surface area (Å²) in [6, 6.07) is -3.05. The van der Waals surface area contributed by atoms with Crippen LogP contribution in [0.3, 0.4) is 0 Å². The van der Waals surface area contributed by atoms with Gasteiger partial charge in [-0.15, -0.1) is 0 Å². The molecule has 0 spiro atoms. The van der Waals surface area contributed by atoms with E-state index in [1.165, 1.54) is 0 Å². The molecule has 0 aromatic carbocycles. The average molecular weight is 760 g/mol. The van der Waals surface area contributed by atoms with Gasteiger partial charge in [-0.2, -0.15) is 0 Å². The van der Waals surface area contributed by atoms with Crippen LogP contribution in [0.15, 0.2) is 0 Å². The van der Waals surface area contributed by atoms with Crippen molar-refractivity contribution < 1.29 is 93.9 Å². The Bertz CT molecular complexity index is 1160. The minimum absolute atomic E-state index is 0.103. The summed E-state index contributed by atoms with van der Waals surface area (Å²) in [4.78, 5) is 36.5. The van der Waals surface area contributed by atoms with Crippen LogP contribution in [-0.4, -0.2) is 199 Å². The summed E-state index contributed by atoms with van der Waals surface area (Å²) in [6.45, 7) is 0.00151. The van der Waals surface area contributed by atoms with E-state index < -0.39 is 142 Å². The Morgan fingerprint density at radius 3 is 2.08 bits per heavy atom. The van der Waals surface area contributed by atoms with Crippen LogP contribution < -0.4 is 16.4 Å². The molecule has 0 saturated carbocycles. The third-order valence-electron chi connectivity index (χ3n) is 8.98. The molecule has 22 nitrogen and oxygen atoms in total. The van der Waals surface area contributed by atoms with E-state index in [0.29, 0.717) is 19.4 Å². The van der Waals surface area contributed by atoms with Crippen LogP contribution >= 0.6 is 0 Å². The SMILES string of the molecule is CC(=O)N[C@@H]1C(O[C@H]2[C@H](O)C(CO)OC(OCCCCCN)[C@H]2O)OC(CO[C@]2(C(=O)O)C[C@@H](O)[C@@H](NC(C)=O)C([C@H](O)[C@H](O)CO)O2)[C@@H](O)[C@@H]1O. The molecular weight excluding hydrogens is 706 g/mol. The summed E-state index contributed by atoms with van der Waals surface area (Å²) in [7, 11) is 0. The molecule has 16 atom stereocenters. The number of ether oxygens (including phenoxy) is 6. The van der Waals surface area contributed by atoms with Crippen LogP contribution in [0, 0.1) is 0 Å². The third kappa shape index (κ3) is 10.7. The van der Waals surface area contributed by atoms with Crippen LogP contribution in [0.1, 0.15) is 39.5 Å². The molecule has 3 fully saturated rings. The third-order valence-corrected chi connectivity index (χ3v) is 8.98. The molecule has 0 radical (unpaired) electrons. The van der Waals surface area contributed by atoms with Crippen molar-refractivity contribution in [3.05, 3.63) is 0 Å². The number of amides is 2. The van der Waals surface area contributed by atoms with Gasteiger partial charge in [0.25, 0.3) is 5.79 Å². The van der Waals surface area contributed by atoms with Crippen molar-refractivity contribution in [3.63, 3.8) is 0 Å². The normalized spacial score (nSPS) is 39.3. The highest BCUT2D eigenvalue weighted by molar-refractivity contribution is 5.76. The second kappa shape index (κ2) is 19.9. The Hall–Kier alpha value is -2.23. The van der Waals surface area contributed by atoms with Gasteiger partial charge in [0.1, 0.15) is 67.1 Å². The van der Waals surface area contributed by atoms with Gasteiger partial charge in [0.2, 0.25) is 11.8 Å². The van der Waals surface area contributed by atoms with Gasteiger partial charge in [-0.3, -0.25) is 9.59 Å². The van der Waals surface area contributed by atoms with E-state index in [-0.39, 0.29) is 6.61 Å². The molecule has 14 N–H and O–H groups in total. The maximum absolute atomic E-state index is 12.6. The highest BCUT2D eigenvalue weighted by Crippen LogP contribution is 2.35. The fraction of sp³-hybridized carbons (Fsp3) is 0.900. The number of hydrogen-bond acceptors (Lipinski definition) is 19. The first-order valence-electron chi connectivity index (χ1n) is 16.9. The van der Waals surface area contributed by atoms with Gasteiger partial charge < -0.3 is 95.9 Å². The van der Waals surface area contributed by atoms with Gasteiger partial charge in [0.05, 0.1) is 32.0 Å². The molecule has 0 bridgehead atoms. The van der Waals surface area contributed by atoms with Crippen molar-refractivity contribution in [2.75, 3.05) is 33.0 Å². The van der Waals surface area contributed by atoms with E-state index in [4.69, 9.17) is 34.2 Å². The number of carbonyl (C=O) groups is 3. The summed E-state index contributed by atoms with van der Waals surface area (Å²) >= 11 is 0. The molecule has 3 aliphatic heterocycles.